The van der Waals surface area contributed by atoms with Gasteiger partial charge >= 0.3 is 0 Å². The standard InChI is InChI=1S/C15H20FN3/c16-13-5-6-15-14(10-13)12(11-17-15)4-3-7-18-19-8-1-2-9-19/h5-6,10-11,17-18H,1-4,7-9H2. The molecule has 1 aromatic heterocycles. The Bertz CT molecular complexity index is 543. The number of halogens is 1. The topological polar surface area (TPSA) is 31.1 Å². The molecule has 1 fully saturated rings. The number of hydrogen-bond acceptors (Lipinski definition) is 2. The van der Waals surface area contributed by atoms with Crippen LogP contribution in [0.4, 0.5) is 4.39 Å². The Hall–Kier alpha value is -1.39. The van der Waals surface area contributed by atoms with E-state index in [4.69, 9.17) is 0 Å². The molecule has 0 amide bonds. The van der Waals surface area contributed by atoms with Crippen molar-refractivity contribution in [2.24, 2.45) is 0 Å². The molecule has 0 saturated carbocycles. The van der Waals surface area contributed by atoms with Crippen molar-refractivity contribution in [1.82, 2.24) is 15.4 Å². The first-order valence-electron chi connectivity index (χ1n) is 7.07. The van der Waals surface area contributed by atoms with E-state index in [9.17, 15) is 4.39 Å². The normalized spacial score (nSPS) is 16.5. The molecule has 4 heteroatoms. The minimum Gasteiger partial charge on any atom is -0.361 e. The second-order valence-corrected chi connectivity index (χ2v) is 5.21. The third-order valence-corrected chi connectivity index (χ3v) is 3.79. The SMILES string of the molecule is Fc1ccc2[nH]cc(CCCNN3CCCC3)c2c1. The van der Waals surface area contributed by atoms with Crippen LogP contribution in [0.25, 0.3) is 10.9 Å². The number of H-pyrrole nitrogens is 1. The number of fused-ring (bicyclic) bond motifs is 1. The molecule has 0 aliphatic carbocycles. The second kappa shape index (κ2) is 5.72. The van der Waals surface area contributed by atoms with E-state index >= 15 is 0 Å². The lowest BCUT2D eigenvalue weighted by molar-refractivity contribution is 0.235. The molecule has 19 heavy (non-hydrogen) atoms. The van der Waals surface area contributed by atoms with Crippen molar-refractivity contribution < 1.29 is 4.39 Å². The minimum absolute atomic E-state index is 0.163. The lowest BCUT2D eigenvalue weighted by Crippen LogP contribution is -2.36. The Labute approximate surface area is 112 Å². The van der Waals surface area contributed by atoms with Crippen molar-refractivity contribution in [2.45, 2.75) is 25.7 Å². The van der Waals surface area contributed by atoms with Gasteiger partial charge < -0.3 is 4.98 Å². The molecule has 3 rings (SSSR count). The van der Waals surface area contributed by atoms with E-state index in [1.54, 1.807) is 12.1 Å². The lowest BCUT2D eigenvalue weighted by Gasteiger charge is -2.15. The maximum atomic E-state index is 13.3. The summed E-state index contributed by atoms with van der Waals surface area (Å²) < 4.78 is 13.3. The molecular weight excluding hydrogens is 241 g/mol. The highest BCUT2D eigenvalue weighted by Gasteiger charge is 2.10. The Morgan fingerprint density at radius 2 is 2.11 bits per heavy atom. The first kappa shape index (κ1) is 12.6. The van der Waals surface area contributed by atoms with E-state index in [0.29, 0.717) is 0 Å². The van der Waals surface area contributed by atoms with E-state index in [1.165, 1.54) is 24.5 Å². The van der Waals surface area contributed by atoms with Crippen LogP contribution < -0.4 is 5.43 Å². The molecule has 1 aromatic carbocycles. The van der Waals surface area contributed by atoms with Crippen molar-refractivity contribution in [2.75, 3.05) is 19.6 Å². The van der Waals surface area contributed by atoms with Crippen molar-refractivity contribution >= 4 is 10.9 Å². The third kappa shape index (κ3) is 2.96. The van der Waals surface area contributed by atoms with Gasteiger partial charge in [0.1, 0.15) is 5.82 Å². The number of rotatable bonds is 5. The zero-order chi connectivity index (χ0) is 13.1. The highest BCUT2D eigenvalue weighted by Crippen LogP contribution is 2.20. The van der Waals surface area contributed by atoms with E-state index in [2.05, 4.69) is 15.4 Å². The zero-order valence-corrected chi connectivity index (χ0v) is 11.1. The van der Waals surface area contributed by atoms with Crippen molar-refractivity contribution in [1.29, 1.82) is 0 Å². The summed E-state index contributed by atoms with van der Waals surface area (Å²) in [6.45, 7) is 3.32. The summed E-state index contributed by atoms with van der Waals surface area (Å²) in [6, 6.07) is 4.92. The van der Waals surface area contributed by atoms with Gasteiger partial charge in [-0.1, -0.05) is 0 Å². The van der Waals surface area contributed by atoms with Crippen LogP contribution in [-0.2, 0) is 6.42 Å². The van der Waals surface area contributed by atoms with Gasteiger partial charge in [-0.3, -0.25) is 5.43 Å². The number of aromatic amines is 1. The molecule has 1 saturated heterocycles. The average Bonchev–Trinajstić information content (AvgIpc) is 3.04. The summed E-state index contributed by atoms with van der Waals surface area (Å²) in [5.41, 5.74) is 5.68. The van der Waals surface area contributed by atoms with Crippen LogP contribution in [0.5, 0.6) is 0 Å². The van der Waals surface area contributed by atoms with Gasteiger partial charge in [0.15, 0.2) is 0 Å². The third-order valence-electron chi connectivity index (χ3n) is 3.79. The average molecular weight is 261 g/mol. The van der Waals surface area contributed by atoms with Gasteiger partial charge in [-0.05, 0) is 49.4 Å². The van der Waals surface area contributed by atoms with Crippen molar-refractivity contribution in [3.05, 3.63) is 35.8 Å². The van der Waals surface area contributed by atoms with Gasteiger partial charge in [0.25, 0.3) is 0 Å². The number of hydrogen-bond donors (Lipinski definition) is 2. The fourth-order valence-corrected chi connectivity index (χ4v) is 2.75. The Balaban J connectivity index is 1.54. The Morgan fingerprint density at radius 3 is 2.95 bits per heavy atom. The molecule has 1 aliphatic heterocycles. The first-order valence-corrected chi connectivity index (χ1v) is 7.07. The summed E-state index contributed by atoms with van der Waals surface area (Å²) in [4.78, 5) is 3.20. The van der Waals surface area contributed by atoms with E-state index in [0.717, 1.165) is 43.4 Å². The summed E-state index contributed by atoms with van der Waals surface area (Å²) in [6.07, 6.45) is 6.65. The van der Waals surface area contributed by atoms with Crippen LogP contribution in [0.15, 0.2) is 24.4 Å². The number of nitrogens with zero attached hydrogens (tertiary/aromatic N) is 1. The molecule has 0 atom stereocenters. The quantitative estimate of drug-likeness (QED) is 0.811. The molecular formula is C15H20FN3. The predicted octanol–water partition coefficient (Wildman–Crippen LogP) is 2.84. The van der Waals surface area contributed by atoms with E-state index in [1.807, 2.05) is 6.20 Å². The number of benzene rings is 1. The van der Waals surface area contributed by atoms with E-state index in [-0.39, 0.29) is 5.82 Å². The summed E-state index contributed by atoms with van der Waals surface area (Å²) in [7, 11) is 0. The highest BCUT2D eigenvalue weighted by molar-refractivity contribution is 5.83. The van der Waals surface area contributed by atoms with E-state index < -0.39 is 0 Å². The predicted molar refractivity (Wildman–Crippen MR) is 75.4 cm³/mol. The van der Waals surface area contributed by atoms with Crippen LogP contribution in [-0.4, -0.2) is 29.6 Å². The largest absolute Gasteiger partial charge is 0.361 e. The molecule has 0 bridgehead atoms. The molecule has 3 nitrogen and oxygen atoms in total. The molecule has 2 N–H and O–H groups in total. The minimum atomic E-state index is -0.163. The van der Waals surface area contributed by atoms with Crippen molar-refractivity contribution in [3.63, 3.8) is 0 Å². The fraction of sp³-hybridized carbons (Fsp3) is 0.467. The fourth-order valence-electron chi connectivity index (χ4n) is 2.75. The van der Waals surface area contributed by atoms with Crippen molar-refractivity contribution in [3.8, 4) is 0 Å². The molecule has 2 aromatic rings. The maximum absolute atomic E-state index is 13.3. The maximum Gasteiger partial charge on any atom is 0.123 e. The van der Waals surface area contributed by atoms with Gasteiger partial charge in [-0.15, -0.1) is 0 Å². The molecule has 0 radical (unpaired) electrons. The molecule has 0 unspecified atom stereocenters. The van der Waals surface area contributed by atoms with Gasteiger partial charge in [0.2, 0.25) is 0 Å². The molecule has 102 valence electrons. The smallest absolute Gasteiger partial charge is 0.123 e. The van der Waals surface area contributed by atoms with Crippen LogP contribution in [0, 0.1) is 5.82 Å². The summed E-state index contributed by atoms with van der Waals surface area (Å²) in [5, 5.41) is 3.32. The molecule has 1 aliphatic rings. The van der Waals surface area contributed by atoms with Gasteiger partial charge in [0, 0.05) is 36.7 Å². The molecule has 0 spiro atoms. The lowest BCUT2D eigenvalue weighted by atomic mass is 10.1. The summed E-state index contributed by atoms with van der Waals surface area (Å²) >= 11 is 0. The Morgan fingerprint density at radius 1 is 1.26 bits per heavy atom. The monoisotopic (exact) mass is 261 g/mol. The number of hydrazine groups is 1. The first-order chi connectivity index (χ1) is 9.33. The second-order valence-electron chi connectivity index (χ2n) is 5.21. The van der Waals surface area contributed by atoms with Crippen LogP contribution >= 0.6 is 0 Å². The van der Waals surface area contributed by atoms with Crippen LogP contribution in [0.1, 0.15) is 24.8 Å². The molecule has 2 heterocycles. The van der Waals surface area contributed by atoms with Gasteiger partial charge in [-0.2, -0.15) is 0 Å². The Kier molecular flexibility index (Phi) is 3.80. The highest BCUT2D eigenvalue weighted by atomic mass is 19.1. The number of aryl methyl sites for hydroxylation is 1. The number of nitrogens with one attached hydrogen (secondary N) is 2. The summed E-state index contributed by atoms with van der Waals surface area (Å²) in [5.74, 6) is -0.163. The van der Waals surface area contributed by atoms with Crippen LogP contribution in [0.3, 0.4) is 0 Å². The zero-order valence-electron chi connectivity index (χ0n) is 11.1. The number of aromatic nitrogens is 1. The van der Waals surface area contributed by atoms with Gasteiger partial charge in [-0.25, -0.2) is 9.40 Å². The van der Waals surface area contributed by atoms with Crippen LogP contribution in [0.2, 0.25) is 0 Å². The van der Waals surface area contributed by atoms with Gasteiger partial charge in [0.05, 0.1) is 0 Å².